The van der Waals surface area contributed by atoms with Crippen LogP contribution in [0.5, 0.6) is 0 Å². The van der Waals surface area contributed by atoms with Gasteiger partial charge in [0.1, 0.15) is 0 Å². The van der Waals surface area contributed by atoms with Gasteiger partial charge in [-0.05, 0) is 87.3 Å². The molecule has 0 fully saturated rings. The third-order valence-corrected chi connectivity index (χ3v) is 8.71. The molecule has 0 N–H and O–H groups in total. The lowest BCUT2D eigenvalue weighted by Crippen LogP contribution is -1.96. The van der Waals surface area contributed by atoms with Gasteiger partial charge in [0, 0.05) is 40.6 Å². The average molecular weight is 575 g/mol. The molecule has 0 saturated heterocycles. The highest BCUT2D eigenvalue weighted by atomic mass is 15.0. The second kappa shape index (κ2) is 10.2. The van der Waals surface area contributed by atoms with E-state index < -0.39 is 0 Å². The van der Waals surface area contributed by atoms with Crippen LogP contribution in [0.2, 0.25) is 0 Å². The molecule has 4 aromatic heterocycles. The molecule has 4 heteroatoms. The predicted molar refractivity (Wildman–Crippen MR) is 185 cm³/mol. The van der Waals surface area contributed by atoms with E-state index in [0.717, 1.165) is 50.3 Å². The molecule has 4 nitrogen and oxygen atoms in total. The first kappa shape index (κ1) is 25.4. The zero-order valence-corrected chi connectivity index (χ0v) is 24.3. The maximum absolute atomic E-state index is 5.21. The van der Waals surface area contributed by atoms with Crippen LogP contribution in [0.4, 0.5) is 0 Å². The number of para-hydroxylation sites is 1. The number of benzene rings is 5. The van der Waals surface area contributed by atoms with Crippen LogP contribution in [0, 0.1) is 0 Å². The minimum absolute atomic E-state index is 0.841. The lowest BCUT2D eigenvalue weighted by atomic mass is 9.92. The SMILES string of the molecule is c1ccc(-c2cc(-c3cc4ccccc4c4ccccc34)cc(-c3cccc(-n4c5ccccc5c5cnccc54)c3)n2)nc1. The van der Waals surface area contributed by atoms with E-state index in [4.69, 9.17) is 4.98 Å². The van der Waals surface area contributed by atoms with Crippen molar-refractivity contribution in [2.24, 2.45) is 0 Å². The Morgan fingerprint density at radius 3 is 2.09 bits per heavy atom. The van der Waals surface area contributed by atoms with Crippen molar-refractivity contribution in [2.75, 3.05) is 0 Å². The van der Waals surface area contributed by atoms with Crippen LogP contribution in [0.1, 0.15) is 0 Å². The molecular weight excluding hydrogens is 548 g/mol. The molecule has 0 radical (unpaired) electrons. The molecule has 9 rings (SSSR count). The standard InChI is InChI=1S/C41H26N4/c1-2-13-31-27(10-1)23-35(33-15-4-3-14-32(31)33)29-24-38(44-39(25-29)37-17-7-8-20-43-37)28-11-9-12-30(22-28)45-40-18-6-5-16-34(40)36-26-42-21-19-41(36)45/h1-26H. The monoisotopic (exact) mass is 574 g/mol. The molecule has 4 heterocycles. The van der Waals surface area contributed by atoms with E-state index in [2.05, 4.69) is 136 Å². The van der Waals surface area contributed by atoms with Crippen molar-refractivity contribution in [1.82, 2.24) is 19.5 Å². The number of aromatic nitrogens is 4. The third-order valence-electron chi connectivity index (χ3n) is 8.71. The Kier molecular flexibility index (Phi) is 5.78. The number of nitrogens with zero attached hydrogens (tertiary/aromatic N) is 4. The molecule has 0 unspecified atom stereocenters. The molecular formula is C41H26N4. The molecule has 0 amide bonds. The van der Waals surface area contributed by atoms with E-state index in [0.29, 0.717) is 0 Å². The van der Waals surface area contributed by atoms with E-state index >= 15 is 0 Å². The van der Waals surface area contributed by atoms with Crippen LogP contribution in [-0.2, 0) is 0 Å². The van der Waals surface area contributed by atoms with Crippen LogP contribution in [0.3, 0.4) is 0 Å². The number of hydrogen-bond donors (Lipinski definition) is 0. The van der Waals surface area contributed by atoms with E-state index in [1.54, 1.807) is 0 Å². The second-order valence-electron chi connectivity index (χ2n) is 11.3. The third kappa shape index (κ3) is 4.19. The minimum atomic E-state index is 0.841. The molecule has 9 aromatic rings. The summed E-state index contributed by atoms with van der Waals surface area (Å²) in [7, 11) is 0. The zero-order valence-electron chi connectivity index (χ0n) is 24.3. The van der Waals surface area contributed by atoms with Crippen molar-refractivity contribution in [3.05, 3.63) is 158 Å². The number of pyridine rings is 3. The molecule has 45 heavy (non-hydrogen) atoms. The van der Waals surface area contributed by atoms with Gasteiger partial charge in [-0.3, -0.25) is 9.97 Å². The van der Waals surface area contributed by atoms with Gasteiger partial charge in [0.2, 0.25) is 0 Å². The predicted octanol–water partition coefficient (Wildman–Crippen LogP) is 10.3. The van der Waals surface area contributed by atoms with Crippen LogP contribution < -0.4 is 0 Å². The summed E-state index contributed by atoms with van der Waals surface area (Å²) in [5.41, 5.74) is 9.26. The highest BCUT2D eigenvalue weighted by Crippen LogP contribution is 2.38. The Balaban J connectivity index is 1.29. The van der Waals surface area contributed by atoms with Crippen LogP contribution in [0.15, 0.2) is 158 Å². The summed E-state index contributed by atoms with van der Waals surface area (Å²) in [4.78, 5) is 14.3. The first-order chi connectivity index (χ1) is 22.3. The van der Waals surface area contributed by atoms with Gasteiger partial charge in [0.05, 0.1) is 28.1 Å². The normalized spacial score (nSPS) is 11.6. The summed E-state index contributed by atoms with van der Waals surface area (Å²) >= 11 is 0. The molecule has 0 aliphatic heterocycles. The van der Waals surface area contributed by atoms with Gasteiger partial charge in [-0.15, -0.1) is 0 Å². The minimum Gasteiger partial charge on any atom is -0.309 e. The summed E-state index contributed by atoms with van der Waals surface area (Å²) in [5.74, 6) is 0. The van der Waals surface area contributed by atoms with E-state index in [-0.39, 0.29) is 0 Å². The summed E-state index contributed by atoms with van der Waals surface area (Å²) in [6.07, 6.45) is 5.64. The molecule has 0 aliphatic carbocycles. The smallest absolute Gasteiger partial charge is 0.0899 e. The lowest BCUT2D eigenvalue weighted by molar-refractivity contribution is 1.17. The van der Waals surface area contributed by atoms with Gasteiger partial charge in [0.15, 0.2) is 0 Å². The Bertz CT molecular complexity index is 2490. The molecule has 0 aliphatic rings. The van der Waals surface area contributed by atoms with E-state index in [1.165, 1.54) is 32.5 Å². The summed E-state index contributed by atoms with van der Waals surface area (Å²) in [6, 6.07) is 49.2. The van der Waals surface area contributed by atoms with Crippen molar-refractivity contribution < 1.29 is 0 Å². The molecule has 0 atom stereocenters. The molecule has 0 spiro atoms. The maximum Gasteiger partial charge on any atom is 0.0899 e. The number of hydrogen-bond acceptors (Lipinski definition) is 3. The van der Waals surface area contributed by atoms with Crippen molar-refractivity contribution in [1.29, 1.82) is 0 Å². The van der Waals surface area contributed by atoms with Crippen LogP contribution >= 0.6 is 0 Å². The Hall–Kier alpha value is -6.13. The second-order valence-corrected chi connectivity index (χ2v) is 11.3. The Labute approximate surface area is 259 Å². The van der Waals surface area contributed by atoms with Crippen molar-refractivity contribution in [3.8, 4) is 39.5 Å². The Morgan fingerprint density at radius 2 is 1.20 bits per heavy atom. The molecule has 0 bridgehead atoms. The zero-order chi connectivity index (χ0) is 29.7. The van der Waals surface area contributed by atoms with Gasteiger partial charge >= 0.3 is 0 Å². The quantitative estimate of drug-likeness (QED) is 0.196. The van der Waals surface area contributed by atoms with E-state index in [1.807, 2.05) is 36.8 Å². The Morgan fingerprint density at radius 1 is 0.444 bits per heavy atom. The number of rotatable bonds is 4. The summed E-state index contributed by atoms with van der Waals surface area (Å²) < 4.78 is 2.32. The van der Waals surface area contributed by atoms with Crippen LogP contribution in [0.25, 0.3) is 82.8 Å². The molecule has 5 aromatic carbocycles. The van der Waals surface area contributed by atoms with Crippen molar-refractivity contribution in [2.45, 2.75) is 0 Å². The largest absolute Gasteiger partial charge is 0.309 e. The summed E-state index contributed by atoms with van der Waals surface area (Å²) in [5, 5.41) is 7.25. The van der Waals surface area contributed by atoms with E-state index in [9.17, 15) is 0 Å². The van der Waals surface area contributed by atoms with Crippen molar-refractivity contribution >= 4 is 43.4 Å². The van der Waals surface area contributed by atoms with Crippen LogP contribution in [-0.4, -0.2) is 19.5 Å². The fourth-order valence-electron chi connectivity index (χ4n) is 6.67. The topological polar surface area (TPSA) is 43.6 Å². The summed E-state index contributed by atoms with van der Waals surface area (Å²) in [6.45, 7) is 0. The molecule has 210 valence electrons. The van der Waals surface area contributed by atoms with Gasteiger partial charge < -0.3 is 4.57 Å². The highest BCUT2D eigenvalue weighted by molar-refractivity contribution is 6.14. The fourth-order valence-corrected chi connectivity index (χ4v) is 6.67. The van der Waals surface area contributed by atoms with Gasteiger partial charge in [-0.2, -0.15) is 0 Å². The lowest BCUT2D eigenvalue weighted by Gasteiger charge is -2.15. The van der Waals surface area contributed by atoms with Crippen molar-refractivity contribution in [3.63, 3.8) is 0 Å². The fraction of sp³-hybridized carbons (Fsp3) is 0. The van der Waals surface area contributed by atoms with Gasteiger partial charge in [-0.1, -0.05) is 84.9 Å². The van der Waals surface area contributed by atoms with Gasteiger partial charge in [-0.25, -0.2) is 4.98 Å². The first-order valence-corrected chi connectivity index (χ1v) is 15.1. The highest BCUT2D eigenvalue weighted by Gasteiger charge is 2.16. The maximum atomic E-state index is 5.21. The average Bonchev–Trinajstić information content (AvgIpc) is 3.46. The molecule has 0 saturated carbocycles. The number of fused-ring (bicyclic) bond motifs is 6. The first-order valence-electron chi connectivity index (χ1n) is 15.1. The van der Waals surface area contributed by atoms with Gasteiger partial charge in [0.25, 0.3) is 0 Å².